The molecule has 0 aliphatic heterocycles. The number of halogens is 2. The van der Waals surface area contributed by atoms with Crippen molar-refractivity contribution in [3.05, 3.63) is 100 Å². The Morgan fingerprint density at radius 3 is 2.25 bits per heavy atom. The van der Waals surface area contributed by atoms with E-state index in [2.05, 4.69) is 21.2 Å². The number of nitrogens with zero attached hydrogens (tertiary/aromatic N) is 1. The van der Waals surface area contributed by atoms with Crippen LogP contribution in [0.1, 0.15) is 24.1 Å². The highest BCUT2D eigenvalue weighted by Gasteiger charge is 2.27. The zero-order valence-electron chi connectivity index (χ0n) is 17.5. The third-order valence-corrected chi connectivity index (χ3v) is 7.40. The first kappa shape index (κ1) is 24.1. The molecule has 8 heteroatoms. The van der Waals surface area contributed by atoms with Crippen LogP contribution in [-0.4, -0.2) is 31.7 Å². The second kappa shape index (κ2) is 10.8. The van der Waals surface area contributed by atoms with Crippen LogP contribution in [0.2, 0.25) is 0 Å². The molecule has 32 heavy (non-hydrogen) atoms. The highest BCUT2D eigenvalue weighted by atomic mass is 79.9. The van der Waals surface area contributed by atoms with Gasteiger partial charge in [-0.25, -0.2) is 12.8 Å². The van der Waals surface area contributed by atoms with Crippen LogP contribution in [0.4, 0.5) is 4.39 Å². The fourth-order valence-corrected chi connectivity index (χ4v) is 4.88. The summed E-state index contributed by atoms with van der Waals surface area (Å²) in [6, 6.07) is 21.3. The van der Waals surface area contributed by atoms with Gasteiger partial charge in [-0.05, 0) is 60.9 Å². The molecule has 1 atom stereocenters. The molecular weight excluding hydrogens is 495 g/mol. The van der Waals surface area contributed by atoms with E-state index in [0.717, 1.165) is 15.6 Å². The molecule has 0 fully saturated rings. The molecule has 3 rings (SSSR count). The third kappa shape index (κ3) is 6.48. The predicted molar refractivity (Wildman–Crippen MR) is 126 cm³/mol. The standard InChI is InChI=1S/C24H24BrFN2O3S/c1-18(20-7-11-22(26)12-8-20)27-24(29)17-28(16-15-19-5-3-2-4-6-19)32(30,31)23-13-9-21(25)10-14-23/h2-14,18H,15-17H2,1H3,(H,27,29)/t18-/m0/s1. The lowest BCUT2D eigenvalue weighted by Gasteiger charge is -2.23. The number of carbonyl (C=O) groups is 1. The van der Waals surface area contributed by atoms with E-state index in [0.29, 0.717) is 6.42 Å². The molecule has 3 aromatic carbocycles. The number of rotatable bonds is 9. The van der Waals surface area contributed by atoms with Gasteiger partial charge in [0.2, 0.25) is 15.9 Å². The quantitative estimate of drug-likeness (QED) is 0.446. The molecule has 1 N–H and O–H groups in total. The molecule has 0 heterocycles. The Morgan fingerprint density at radius 1 is 1.00 bits per heavy atom. The Kier molecular flexibility index (Phi) is 8.17. The van der Waals surface area contributed by atoms with Gasteiger partial charge in [-0.15, -0.1) is 0 Å². The summed E-state index contributed by atoms with van der Waals surface area (Å²) in [6.45, 7) is 1.60. The van der Waals surface area contributed by atoms with Gasteiger partial charge in [-0.1, -0.05) is 58.4 Å². The summed E-state index contributed by atoms with van der Waals surface area (Å²) < 4.78 is 41.7. The van der Waals surface area contributed by atoms with Crippen LogP contribution in [0.5, 0.6) is 0 Å². The van der Waals surface area contributed by atoms with Gasteiger partial charge in [0.15, 0.2) is 0 Å². The van der Waals surface area contributed by atoms with Gasteiger partial charge in [0.1, 0.15) is 5.82 Å². The fourth-order valence-electron chi connectivity index (χ4n) is 3.22. The SMILES string of the molecule is C[C@H](NC(=O)CN(CCc1ccccc1)S(=O)(=O)c1ccc(Br)cc1)c1ccc(F)cc1. The Labute approximate surface area is 196 Å². The number of amides is 1. The Hall–Kier alpha value is -2.55. The van der Waals surface area contributed by atoms with E-state index >= 15 is 0 Å². The van der Waals surface area contributed by atoms with Gasteiger partial charge < -0.3 is 5.32 Å². The minimum Gasteiger partial charge on any atom is -0.348 e. The summed E-state index contributed by atoms with van der Waals surface area (Å²) in [5.74, 6) is -0.796. The second-order valence-electron chi connectivity index (χ2n) is 7.37. The van der Waals surface area contributed by atoms with E-state index in [1.165, 1.54) is 28.6 Å². The molecule has 1 amide bonds. The summed E-state index contributed by atoms with van der Waals surface area (Å²) in [5.41, 5.74) is 1.70. The number of hydrogen-bond acceptors (Lipinski definition) is 3. The molecule has 3 aromatic rings. The van der Waals surface area contributed by atoms with Gasteiger partial charge >= 0.3 is 0 Å². The van der Waals surface area contributed by atoms with E-state index in [-0.39, 0.29) is 23.8 Å². The van der Waals surface area contributed by atoms with Crippen LogP contribution in [-0.2, 0) is 21.2 Å². The smallest absolute Gasteiger partial charge is 0.243 e. The number of benzene rings is 3. The minimum atomic E-state index is -3.89. The van der Waals surface area contributed by atoms with Gasteiger partial charge in [0.25, 0.3) is 0 Å². The van der Waals surface area contributed by atoms with E-state index in [1.807, 2.05) is 30.3 Å². The van der Waals surface area contributed by atoms with Crippen molar-refractivity contribution < 1.29 is 17.6 Å². The first-order valence-corrected chi connectivity index (χ1v) is 12.3. The van der Waals surface area contributed by atoms with Crippen molar-refractivity contribution in [1.82, 2.24) is 9.62 Å². The van der Waals surface area contributed by atoms with Crippen LogP contribution in [0.15, 0.2) is 88.2 Å². The largest absolute Gasteiger partial charge is 0.348 e. The average molecular weight is 519 g/mol. The molecule has 0 aromatic heterocycles. The Morgan fingerprint density at radius 2 is 1.62 bits per heavy atom. The molecule has 0 aliphatic carbocycles. The number of sulfonamides is 1. The van der Waals surface area contributed by atoms with Crippen molar-refractivity contribution >= 4 is 31.9 Å². The fraction of sp³-hybridized carbons (Fsp3) is 0.208. The van der Waals surface area contributed by atoms with Crippen molar-refractivity contribution in [3.8, 4) is 0 Å². The van der Waals surface area contributed by atoms with Crippen LogP contribution >= 0.6 is 15.9 Å². The number of carbonyl (C=O) groups excluding carboxylic acids is 1. The van der Waals surface area contributed by atoms with Crippen LogP contribution in [0.25, 0.3) is 0 Å². The van der Waals surface area contributed by atoms with Crippen molar-refractivity contribution in [2.45, 2.75) is 24.3 Å². The molecule has 0 saturated carbocycles. The maximum Gasteiger partial charge on any atom is 0.243 e. The summed E-state index contributed by atoms with van der Waals surface area (Å²) in [7, 11) is -3.89. The second-order valence-corrected chi connectivity index (χ2v) is 10.2. The number of hydrogen-bond donors (Lipinski definition) is 1. The molecule has 0 bridgehead atoms. The number of nitrogens with one attached hydrogen (secondary N) is 1. The molecule has 0 radical (unpaired) electrons. The molecule has 0 saturated heterocycles. The Balaban J connectivity index is 1.77. The summed E-state index contributed by atoms with van der Waals surface area (Å²) in [4.78, 5) is 12.9. The van der Waals surface area contributed by atoms with Crippen molar-refractivity contribution in [2.75, 3.05) is 13.1 Å². The lowest BCUT2D eigenvalue weighted by molar-refractivity contribution is -0.121. The zero-order valence-corrected chi connectivity index (χ0v) is 19.9. The van der Waals surface area contributed by atoms with E-state index in [4.69, 9.17) is 0 Å². The highest BCUT2D eigenvalue weighted by Crippen LogP contribution is 2.20. The summed E-state index contributed by atoms with van der Waals surface area (Å²) in [5, 5.41) is 2.80. The predicted octanol–water partition coefficient (Wildman–Crippen LogP) is 4.70. The van der Waals surface area contributed by atoms with Crippen molar-refractivity contribution in [3.63, 3.8) is 0 Å². The van der Waals surface area contributed by atoms with Gasteiger partial charge in [-0.2, -0.15) is 4.31 Å². The first-order chi connectivity index (χ1) is 15.3. The lowest BCUT2D eigenvalue weighted by atomic mass is 10.1. The molecule has 5 nitrogen and oxygen atoms in total. The summed E-state index contributed by atoms with van der Waals surface area (Å²) >= 11 is 3.31. The van der Waals surface area contributed by atoms with Gasteiger partial charge in [-0.3, -0.25) is 4.79 Å². The Bertz CT molecular complexity index is 1140. The van der Waals surface area contributed by atoms with Crippen LogP contribution in [0, 0.1) is 5.82 Å². The van der Waals surface area contributed by atoms with E-state index in [9.17, 15) is 17.6 Å². The first-order valence-electron chi connectivity index (χ1n) is 10.1. The van der Waals surface area contributed by atoms with Gasteiger partial charge in [0.05, 0.1) is 17.5 Å². The summed E-state index contributed by atoms with van der Waals surface area (Å²) in [6.07, 6.45) is 0.470. The van der Waals surface area contributed by atoms with E-state index < -0.39 is 22.0 Å². The zero-order chi connectivity index (χ0) is 23.1. The van der Waals surface area contributed by atoms with E-state index in [1.54, 1.807) is 31.2 Å². The molecule has 0 aliphatic rings. The maximum atomic E-state index is 13.3. The maximum absolute atomic E-state index is 13.3. The highest BCUT2D eigenvalue weighted by molar-refractivity contribution is 9.10. The topological polar surface area (TPSA) is 66.5 Å². The third-order valence-electron chi connectivity index (χ3n) is 5.01. The van der Waals surface area contributed by atoms with Crippen LogP contribution < -0.4 is 5.32 Å². The lowest BCUT2D eigenvalue weighted by Crippen LogP contribution is -2.42. The monoisotopic (exact) mass is 518 g/mol. The molecule has 0 spiro atoms. The molecular formula is C24H24BrFN2O3S. The molecule has 0 unspecified atom stereocenters. The average Bonchev–Trinajstić information content (AvgIpc) is 2.78. The van der Waals surface area contributed by atoms with Gasteiger partial charge in [0, 0.05) is 11.0 Å². The van der Waals surface area contributed by atoms with Crippen LogP contribution in [0.3, 0.4) is 0 Å². The minimum absolute atomic E-state index is 0.119. The molecule has 168 valence electrons. The normalized spacial score (nSPS) is 12.5. The van der Waals surface area contributed by atoms with Crippen molar-refractivity contribution in [2.24, 2.45) is 0 Å². The van der Waals surface area contributed by atoms with Crippen molar-refractivity contribution in [1.29, 1.82) is 0 Å².